The van der Waals surface area contributed by atoms with Crippen molar-refractivity contribution in [2.45, 2.75) is 4.90 Å². The summed E-state index contributed by atoms with van der Waals surface area (Å²) in [5.41, 5.74) is -0.292. The van der Waals surface area contributed by atoms with Gasteiger partial charge in [-0.05, 0) is 18.2 Å². The Morgan fingerprint density at radius 1 is 1.47 bits per heavy atom. The molecule has 0 fully saturated rings. The van der Waals surface area contributed by atoms with E-state index in [9.17, 15) is 17.6 Å². The zero-order valence-electron chi connectivity index (χ0n) is 10.5. The van der Waals surface area contributed by atoms with Crippen LogP contribution in [0.4, 0.5) is 4.39 Å². The summed E-state index contributed by atoms with van der Waals surface area (Å²) in [6.45, 7) is 0.186. The summed E-state index contributed by atoms with van der Waals surface area (Å²) in [5.74, 6) is -2.31. The maximum absolute atomic E-state index is 13.6. The number of rotatable bonds is 6. The van der Waals surface area contributed by atoms with Gasteiger partial charge in [0.05, 0.1) is 12.2 Å². The summed E-state index contributed by atoms with van der Waals surface area (Å²) < 4.78 is 43.4. The molecule has 0 saturated heterocycles. The Hall–Kier alpha value is -1.51. The first kappa shape index (κ1) is 15.5. The van der Waals surface area contributed by atoms with E-state index >= 15 is 0 Å². The molecule has 0 amide bonds. The van der Waals surface area contributed by atoms with Crippen LogP contribution < -0.4 is 0 Å². The lowest BCUT2D eigenvalue weighted by Gasteiger charge is -2.17. The van der Waals surface area contributed by atoms with Gasteiger partial charge in [-0.25, -0.2) is 17.6 Å². The molecule has 19 heavy (non-hydrogen) atoms. The predicted octanol–water partition coefficient (Wildman–Crippen LogP) is 0.791. The number of aromatic carboxylic acids is 1. The summed E-state index contributed by atoms with van der Waals surface area (Å²) in [4.78, 5) is 10.1. The normalized spacial score (nSPS) is 11.8. The van der Waals surface area contributed by atoms with Crippen molar-refractivity contribution in [3.05, 3.63) is 29.6 Å². The van der Waals surface area contributed by atoms with Gasteiger partial charge >= 0.3 is 5.97 Å². The predicted molar refractivity (Wildman–Crippen MR) is 65.1 cm³/mol. The average Bonchev–Trinajstić information content (AvgIpc) is 2.35. The number of likely N-dealkylation sites (N-methyl/N-ethyl adjacent to an activating group) is 1. The highest BCUT2D eigenvalue weighted by Crippen LogP contribution is 2.20. The van der Waals surface area contributed by atoms with Crippen molar-refractivity contribution in [1.29, 1.82) is 0 Å². The molecule has 0 heterocycles. The highest BCUT2D eigenvalue weighted by atomic mass is 32.2. The van der Waals surface area contributed by atoms with Gasteiger partial charge in [-0.1, -0.05) is 0 Å². The Balaban J connectivity index is 3.20. The van der Waals surface area contributed by atoms with Gasteiger partial charge in [-0.2, -0.15) is 4.31 Å². The Bertz CT molecular complexity index is 572. The molecular weight excluding hydrogens is 277 g/mol. The topological polar surface area (TPSA) is 83.9 Å². The first-order valence-corrected chi connectivity index (χ1v) is 6.73. The van der Waals surface area contributed by atoms with Crippen molar-refractivity contribution in [3.8, 4) is 0 Å². The number of halogens is 1. The van der Waals surface area contributed by atoms with Gasteiger partial charge in [0.25, 0.3) is 0 Å². The maximum Gasteiger partial charge on any atom is 0.335 e. The van der Waals surface area contributed by atoms with Crippen LogP contribution in [0.5, 0.6) is 0 Å². The number of carboxylic acid groups (broad SMARTS) is 1. The smallest absolute Gasteiger partial charge is 0.335 e. The second kappa shape index (κ2) is 6.09. The highest BCUT2D eigenvalue weighted by Gasteiger charge is 2.25. The third kappa shape index (κ3) is 3.49. The van der Waals surface area contributed by atoms with E-state index in [-0.39, 0.29) is 18.7 Å². The molecular formula is C11H14FNO5S. The molecule has 1 aromatic rings. The first-order chi connectivity index (χ1) is 8.80. The monoisotopic (exact) mass is 291 g/mol. The van der Waals surface area contributed by atoms with E-state index in [0.29, 0.717) is 0 Å². The van der Waals surface area contributed by atoms with Crippen molar-refractivity contribution in [3.63, 3.8) is 0 Å². The van der Waals surface area contributed by atoms with Crippen LogP contribution in [0, 0.1) is 5.82 Å². The second-order valence-electron chi connectivity index (χ2n) is 3.77. The van der Waals surface area contributed by atoms with Crippen LogP contribution in [0.3, 0.4) is 0 Å². The summed E-state index contributed by atoms with van der Waals surface area (Å²) >= 11 is 0. The Morgan fingerprint density at radius 2 is 2.11 bits per heavy atom. The molecule has 0 saturated carbocycles. The minimum absolute atomic E-state index is 0.0373. The van der Waals surface area contributed by atoms with E-state index in [1.165, 1.54) is 14.2 Å². The number of carboxylic acids is 1. The fourth-order valence-corrected chi connectivity index (χ4v) is 2.58. The number of carbonyl (C=O) groups is 1. The quantitative estimate of drug-likeness (QED) is 0.837. The molecule has 0 spiro atoms. The van der Waals surface area contributed by atoms with Crippen molar-refractivity contribution < 1.29 is 27.4 Å². The third-order valence-corrected chi connectivity index (χ3v) is 4.35. The number of hydrogen-bond acceptors (Lipinski definition) is 4. The molecule has 106 valence electrons. The first-order valence-electron chi connectivity index (χ1n) is 5.29. The maximum atomic E-state index is 13.6. The fourth-order valence-electron chi connectivity index (χ4n) is 1.34. The van der Waals surface area contributed by atoms with Gasteiger partial charge < -0.3 is 9.84 Å². The largest absolute Gasteiger partial charge is 0.478 e. The molecule has 0 aliphatic carbocycles. The van der Waals surface area contributed by atoms with Crippen LogP contribution in [0.1, 0.15) is 10.4 Å². The molecule has 0 aliphatic rings. The highest BCUT2D eigenvalue weighted by molar-refractivity contribution is 7.89. The fraction of sp³-hybridized carbons (Fsp3) is 0.364. The van der Waals surface area contributed by atoms with Crippen molar-refractivity contribution in [2.24, 2.45) is 0 Å². The Kier molecular flexibility index (Phi) is 4.98. The van der Waals surface area contributed by atoms with Crippen molar-refractivity contribution in [2.75, 3.05) is 27.3 Å². The standard InChI is InChI=1S/C11H14FNO5S/c1-13(5-6-18-2)19(16,17)10-7-8(11(14)15)3-4-9(10)12/h3-4,7H,5-6H2,1-2H3,(H,14,15). The van der Waals surface area contributed by atoms with Crippen LogP contribution in [0.15, 0.2) is 23.1 Å². The minimum Gasteiger partial charge on any atom is -0.478 e. The van der Waals surface area contributed by atoms with E-state index in [1.54, 1.807) is 0 Å². The van der Waals surface area contributed by atoms with Gasteiger partial charge in [0, 0.05) is 20.7 Å². The lowest BCUT2D eigenvalue weighted by molar-refractivity contribution is 0.0696. The average molecular weight is 291 g/mol. The van der Waals surface area contributed by atoms with E-state index in [1.807, 2.05) is 0 Å². The number of benzene rings is 1. The lowest BCUT2D eigenvalue weighted by Crippen LogP contribution is -2.30. The van der Waals surface area contributed by atoms with E-state index in [2.05, 4.69) is 0 Å². The lowest BCUT2D eigenvalue weighted by atomic mass is 10.2. The molecule has 1 aromatic carbocycles. The second-order valence-corrected chi connectivity index (χ2v) is 5.78. The van der Waals surface area contributed by atoms with Crippen LogP contribution in [-0.4, -0.2) is 51.1 Å². The molecule has 0 aromatic heterocycles. The molecule has 0 atom stereocenters. The molecule has 0 radical (unpaired) electrons. The summed E-state index contributed by atoms with van der Waals surface area (Å²) in [5, 5.41) is 8.80. The zero-order valence-corrected chi connectivity index (χ0v) is 11.3. The third-order valence-electron chi connectivity index (χ3n) is 2.48. The van der Waals surface area contributed by atoms with E-state index < -0.39 is 26.7 Å². The van der Waals surface area contributed by atoms with E-state index in [4.69, 9.17) is 9.84 Å². The molecule has 8 heteroatoms. The van der Waals surface area contributed by atoms with Crippen molar-refractivity contribution in [1.82, 2.24) is 4.31 Å². The number of ether oxygens (including phenoxy) is 1. The van der Waals surface area contributed by atoms with Crippen molar-refractivity contribution >= 4 is 16.0 Å². The summed E-state index contributed by atoms with van der Waals surface area (Å²) in [6, 6.07) is 2.63. The van der Waals surface area contributed by atoms with Crippen LogP contribution in [-0.2, 0) is 14.8 Å². The Labute approximate surface area is 110 Å². The molecule has 1 rings (SSSR count). The molecule has 0 bridgehead atoms. The minimum atomic E-state index is -4.08. The summed E-state index contributed by atoms with van der Waals surface area (Å²) in [7, 11) is -1.41. The van der Waals surface area contributed by atoms with Crippen LogP contribution in [0.25, 0.3) is 0 Å². The van der Waals surface area contributed by atoms with Gasteiger partial charge in [0.1, 0.15) is 10.7 Å². The van der Waals surface area contributed by atoms with Gasteiger partial charge in [-0.15, -0.1) is 0 Å². The van der Waals surface area contributed by atoms with E-state index in [0.717, 1.165) is 22.5 Å². The summed E-state index contributed by atoms with van der Waals surface area (Å²) in [6.07, 6.45) is 0. The number of methoxy groups -OCH3 is 1. The van der Waals surface area contributed by atoms with Gasteiger partial charge in [0.15, 0.2) is 0 Å². The number of nitrogens with zero attached hydrogens (tertiary/aromatic N) is 1. The number of hydrogen-bond donors (Lipinski definition) is 1. The van der Waals surface area contributed by atoms with Gasteiger partial charge in [-0.3, -0.25) is 0 Å². The molecule has 1 N–H and O–H groups in total. The zero-order chi connectivity index (χ0) is 14.6. The molecule has 0 unspecified atom stereocenters. The molecule has 6 nitrogen and oxygen atoms in total. The number of sulfonamides is 1. The van der Waals surface area contributed by atoms with Crippen LogP contribution in [0.2, 0.25) is 0 Å². The SMILES string of the molecule is COCCN(C)S(=O)(=O)c1cc(C(=O)O)ccc1F. The Morgan fingerprint density at radius 3 is 2.63 bits per heavy atom. The van der Waals surface area contributed by atoms with Crippen LogP contribution >= 0.6 is 0 Å². The molecule has 0 aliphatic heterocycles. The van der Waals surface area contributed by atoms with Gasteiger partial charge in [0.2, 0.25) is 10.0 Å².